The molecule has 4 nitrogen and oxygen atoms in total. The van der Waals surface area contributed by atoms with Crippen LogP contribution in [0.5, 0.6) is 0 Å². The predicted octanol–water partition coefficient (Wildman–Crippen LogP) is 8.59. The summed E-state index contributed by atoms with van der Waals surface area (Å²) < 4.78 is 0. The van der Waals surface area contributed by atoms with Crippen LogP contribution in [-0.4, -0.2) is 53.3 Å². The van der Waals surface area contributed by atoms with E-state index in [4.69, 9.17) is 0 Å². The molecule has 0 bridgehead atoms. The molecule has 1 saturated carbocycles. The van der Waals surface area contributed by atoms with Crippen molar-refractivity contribution in [2.75, 3.05) is 27.2 Å². The molecule has 0 saturated heterocycles. The fraction of sp³-hybridized carbons (Fsp3) is 0.395. The lowest BCUT2D eigenvalue weighted by Gasteiger charge is -2.41. The van der Waals surface area contributed by atoms with Gasteiger partial charge in [0.25, 0.3) is 0 Å². The third-order valence-electron chi connectivity index (χ3n) is 11.4. The molecule has 3 aliphatic rings. The number of aliphatic hydroxyl groups is 2. The highest BCUT2D eigenvalue weighted by Gasteiger charge is 2.39. The Hall–Kier alpha value is -3.54. The summed E-state index contributed by atoms with van der Waals surface area (Å²) in [6.07, 6.45) is 6.12. The Morgan fingerprint density at radius 1 is 0.638 bits per heavy atom. The van der Waals surface area contributed by atoms with Gasteiger partial charge in [-0.1, -0.05) is 122 Å². The van der Waals surface area contributed by atoms with Crippen LogP contribution < -0.4 is 0 Å². The minimum Gasteiger partial charge on any atom is -0.392 e. The van der Waals surface area contributed by atoms with Gasteiger partial charge in [-0.3, -0.25) is 0 Å². The van der Waals surface area contributed by atoms with Crippen LogP contribution >= 0.6 is 0 Å². The first kappa shape index (κ1) is 32.0. The first-order chi connectivity index (χ1) is 22.8. The van der Waals surface area contributed by atoms with Crippen molar-refractivity contribution in [3.8, 4) is 0 Å². The molecular formula is C43H50N2O2. The maximum absolute atomic E-state index is 11.4. The average molecular weight is 627 g/mol. The minimum atomic E-state index is -0.896. The number of nitrogens with zero attached hydrogens (tertiary/aromatic N) is 2. The molecule has 2 N–H and O–H groups in total. The van der Waals surface area contributed by atoms with Crippen LogP contribution in [-0.2, 0) is 18.7 Å². The first-order valence-electron chi connectivity index (χ1n) is 17.7. The Balaban J connectivity index is 0.000000150. The van der Waals surface area contributed by atoms with Gasteiger partial charge in [0.15, 0.2) is 0 Å². The van der Waals surface area contributed by atoms with Gasteiger partial charge in [-0.05, 0) is 89.1 Å². The Bertz CT molecular complexity index is 1830. The van der Waals surface area contributed by atoms with Crippen molar-refractivity contribution < 1.29 is 10.2 Å². The van der Waals surface area contributed by atoms with Crippen LogP contribution in [0.2, 0.25) is 0 Å². The maximum atomic E-state index is 11.4. The van der Waals surface area contributed by atoms with E-state index in [1.807, 2.05) is 37.3 Å². The summed E-state index contributed by atoms with van der Waals surface area (Å²) in [5, 5.41) is 27.8. The van der Waals surface area contributed by atoms with Crippen molar-refractivity contribution in [2.45, 2.75) is 75.7 Å². The molecule has 0 spiro atoms. The van der Waals surface area contributed by atoms with E-state index >= 15 is 0 Å². The molecular weight excluding hydrogens is 576 g/mol. The number of fused-ring (bicyclic) bond motifs is 6. The van der Waals surface area contributed by atoms with Crippen molar-refractivity contribution >= 4 is 21.5 Å². The fourth-order valence-corrected chi connectivity index (χ4v) is 8.80. The lowest BCUT2D eigenvalue weighted by atomic mass is 9.74. The largest absolute Gasteiger partial charge is 0.392 e. The number of hydrogen-bond acceptors (Lipinski definition) is 4. The smallest absolute Gasteiger partial charge is 0.0949 e. The second-order valence-corrected chi connectivity index (χ2v) is 14.7. The molecule has 1 aliphatic carbocycles. The van der Waals surface area contributed by atoms with Gasteiger partial charge in [-0.25, -0.2) is 0 Å². The van der Waals surface area contributed by atoms with Crippen molar-refractivity contribution in [3.05, 3.63) is 131 Å². The van der Waals surface area contributed by atoms with Gasteiger partial charge < -0.3 is 20.0 Å². The molecule has 5 aromatic carbocycles. The maximum Gasteiger partial charge on any atom is 0.0949 e. The number of likely N-dealkylation sites (N-methyl/N-ethyl adjacent to an activating group) is 2. The van der Waals surface area contributed by atoms with Crippen LogP contribution in [0.1, 0.15) is 78.7 Å². The van der Waals surface area contributed by atoms with Crippen LogP contribution in [0.15, 0.2) is 103 Å². The van der Waals surface area contributed by atoms with E-state index in [9.17, 15) is 10.2 Å². The second kappa shape index (κ2) is 13.5. The molecule has 1 fully saturated rings. The molecule has 47 heavy (non-hydrogen) atoms. The summed E-state index contributed by atoms with van der Waals surface area (Å²) in [5.41, 5.74) is 5.53. The Labute approximate surface area is 280 Å². The quantitative estimate of drug-likeness (QED) is 0.210. The first-order valence-corrected chi connectivity index (χ1v) is 17.7. The average Bonchev–Trinajstić information content (AvgIpc) is 3.11. The van der Waals surface area contributed by atoms with Crippen LogP contribution in [0.4, 0.5) is 0 Å². The molecule has 244 valence electrons. The molecule has 2 heterocycles. The SMILES string of the molecule is CN1Cc2c(ccc3ccccc23)C(C(C)(O)c2ccccc2)C1.CN1Cc2c(ccc3ccccc23)C(C(O)C2CCCCC2)C1. The molecule has 0 radical (unpaired) electrons. The van der Waals surface area contributed by atoms with Gasteiger partial charge in [0, 0.05) is 38.0 Å². The van der Waals surface area contributed by atoms with E-state index in [0.29, 0.717) is 5.92 Å². The lowest BCUT2D eigenvalue weighted by Crippen LogP contribution is -2.41. The topological polar surface area (TPSA) is 46.9 Å². The van der Waals surface area contributed by atoms with Crippen LogP contribution in [0.25, 0.3) is 21.5 Å². The normalized spacial score (nSPS) is 22.5. The predicted molar refractivity (Wildman–Crippen MR) is 195 cm³/mol. The van der Waals surface area contributed by atoms with E-state index in [1.165, 1.54) is 75.9 Å². The van der Waals surface area contributed by atoms with E-state index in [-0.39, 0.29) is 17.9 Å². The van der Waals surface area contributed by atoms with Gasteiger partial charge >= 0.3 is 0 Å². The van der Waals surface area contributed by atoms with Crippen LogP contribution in [0.3, 0.4) is 0 Å². The van der Waals surface area contributed by atoms with E-state index in [0.717, 1.165) is 31.7 Å². The summed E-state index contributed by atoms with van der Waals surface area (Å²) in [5.74, 6) is 0.800. The van der Waals surface area contributed by atoms with Crippen molar-refractivity contribution in [1.29, 1.82) is 0 Å². The Morgan fingerprint density at radius 3 is 1.81 bits per heavy atom. The third-order valence-corrected chi connectivity index (χ3v) is 11.4. The number of hydrogen-bond donors (Lipinski definition) is 2. The zero-order valence-electron chi connectivity index (χ0n) is 28.3. The zero-order chi connectivity index (χ0) is 32.5. The molecule has 4 heteroatoms. The van der Waals surface area contributed by atoms with Crippen molar-refractivity contribution in [3.63, 3.8) is 0 Å². The molecule has 8 rings (SSSR count). The molecule has 4 atom stereocenters. The van der Waals surface area contributed by atoms with Gasteiger partial charge in [0.2, 0.25) is 0 Å². The molecule has 0 aromatic heterocycles. The fourth-order valence-electron chi connectivity index (χ4n) is 8.80. The molecule has 5 aromatic rings. The highest BCUT2D eigenvalue weighted by Crippen LogP contribution is 2.43. The van der Waals surface area contributed by atoms with E-state index < -0.39 is 5.60 Å². The standard InChI is InChI=1S/C22H23NO.C21H27NO/c1-22(24,17-9-4-3-5-10-17)21-15-23(2)14-20-18-11-7-6-8-16(18)12-13-19(20)21;1-22-13-19-17-10-6-5-7-15(17)11-12-18(19)20(14-22)21(23)16-8-3-2-4-9-16/h3-13,21,24H,14-15H2,1-2H3;5-7,10-12,16,20-21,23H,2-4,8-9,13-14H2,1H3. The number of aliphatic hydroxyl groups excluding tert-OH is 1. The lowest BCUT2D eigenvalue weighted by molar-refractivity contribution is 0.00999. The van der Waals surface area contributed by atoms with Gasteiger partial charge in [-0.15, -0.1) is 0 Å². The highest BCUT2D eigenvalue weighted by molar-refractivity contribution is 5.88. The van der Waals surface area contributed by atoms with Crippen molar-refractivity contribution in [1.82, 2.24) is 9.80 Å². The van der Waals surface area contributed by atoms with Gasteiger partial charge in [0.05, 0.1) is 11.7 Å². The number of rotatable bonds is 4. The zero-order valence-corrected chi connectivity index (χ0v) is 28.3. The van der Waals surface area contributed by atoms with Gasteiger partial charge in [0.1, 0.15) is 0 Å². The molecule has 4 unspecified atom stereocenters. The summed E-state index contributed by atoms with van der Waals surface area (Å²) in [7, 11) is 4.32. The van der Waals surface area contributed by atoms with Crippen LogP contribution in [0, 0.1) is 5.92 Å². The Kier molecular flexibility index (Phi) is 9.22. The van der Waals surface area contributed by atoms with Gasteiger partial charge in [-0.2, -0.15) is 0 Å². The molecule has 0 amide bonds. The van der Waals surface area contributed by atoms with Crippen molar-refractivity contribution in [2.24, 2.45) is 5.92 Å². The number of benzene rings is 5. The summed E-state index contributed by atoms with van der Waals surface area (Å²) in [6, 6.07) is 36.2. The minimum absolute atomic E-state index is 0.0539. The third kappa shape index (κ3) is 6.37. The summed E-state index contributed by atoms with van der Waals surface area (Å²) in [6.45, 7) is 5.70. The van der Waals surface area contributed by atoms with E-state index in [2.05, 4.69) is 96.7 Å². The Morgan fingerprint density at radius 2 is 1.17 bits per heavy atom. The summed E-state index contributed by atoms with van der Waals surface area (Å²) >= 11 is 0. The second-order valence-electron chi connectivity index (χ2n) is 14.7. The van der Waals surface area contributed by atoms with E-state index in [1.54, 1.807) is 0 Å². The molecule has 2 aliphatic heterocycles. The monoisotopic (exact) mass is 626 g/mol. The summed E-state index contributed by atoms with van der Waals surface area (Å²) in [4.78, 5) is 4.70. The highest BCUT2D eigenvalue weighted by atomic mass is 16.3.